The number of phosphoric ester groups is 1. The Morgan fingerprint density at radius 2 is 0.806 bits per heavy atom. The summed E-state index contributed by atoms with van der Waals surface area (Å²) in [6.07, 6.45) is 72.4. The molecule has 0 spiro atoms. The van der Waals surface area contributed by atoms with E-state index in [-0.39, 0.29) is 19.1 Å². The third kappa shape index (κ3) is 56.2. The molecule has 0 radical (unpaired) electrons. The number of aliphatic hydroxyl groups is 1. The molecule has 1 amide bonds. The van der Waals surface area contributed by atoms with Crippen LogP contribution in [0.5, 0.6) is 0 Å². The number of phosphoric acid groups is 1. The van der Waals surface area contributed by atoms with Crippen molar-refractivity contribution in [1.82, 2.24) is 5.32 Å². The smallest absolute Gasteiger partial charge is 0.387 e. The van der Waals surface area contributed by atoms with E-state index >= 15 is 0 Å². The Hall–Kier alpha value is -1.54. The van der Waals surface area contributed by atoms with Gasteiger partial charge in [0, 0.05) is 6.42 Å². The molecule has 9 heteroatoms. The van der Waals surface area contributed by atoms with Gasteiger partial charge in [0.1, 0.15) is 13.2 Å². The molecule has 3 unspecified atom stereocenters. The Labute approximate surface area is 448 Å². The van der Waals surface area contributed by atoms with Gasteiger partial charge in [-0.05, 0) is 64.2 Å². The fourth-order valence-corrected chi connectivity index (χ4v) is 9.89. The molecule has 424 valence electrons. The van der Waals surface area contributed by atoms with E-state index in [1.54, 1.807) is 6.08 Å². The van der Waals surface area contributed by atoms with E-state index in [1.807, 2.05) is 27.2 Å². The first-order chi connectivity index (χ1) is 35.0. The molecule has 8 nitrogen and oxygen atoms in total. The van der Waals surface area contributed by atoms with Gasteiger partial charge in [0.2, 0.25) is 5.91 Å². The lowest BCUT2D eigenvalue weighted by atomic mass is 10.0. The monoisotopic (exact) mass is 1030 g/mol. The van der Waals surface area contributed by atoms with E-state index in [4.69, 9.17) is 9.05 Å². The summed E-state index contributed by atoms with van der Waals surface area (Å²) in [7, 11) is 1.56. The molecule has 3 atom stereocenters. The number of nitrogens with one attached hydrogen (secondary N) is 1. The van der Waals surface area contributed by atoms with Crippen molar-refractivity contribution in [1.29, 1.82) is 0 Å². The first-order valence-electron chi connectivity index (χ1n) is 31.0. The van der Waals surface area contributed by atoms with Crippen molar-refractivity contribution >= 4 is 13.7 Å². The topological polar surface area (TPSA) is 105 Å². The minimum atomic E-state index is -4.35. The minimum Gasteiger partial charge on any atom is -0.387 e. The predicted octanol–water partition coefficient (Wildman–Crippen LogP) is 19.1. The zero-order chi connectivity index (χ0) is 52.7. The number of carbonyl (C=O) groups is 1. The summed E-state index contributed by atoms with van der Waals surface area (Å²) in [6, 6.07) is -0.863. The number of rotatable bonds is 57. The highest BCUT2D eigenvalue weighted by atomic mass is 31.2. The first-order valence-corrected chi connectivity index (χ1v) is 32.5. The van der Waals surface area contributed by atoms with Gasteiger partial charge in [-0.3, -0.25) is 13.8 Å². The van der Waals surface area contributed by atoms with E-state index in [0.717, 1.165) is 44.9 Å². The molecule has 0 saturated carbocycles. The highest BCUT2D eigenvalue weighted by molar-refractivity contribution is 7.47. The lowest BCUT2D eigenvalue weighted by molar-refractivity contribution is -0.870. The molecule has 0 aromatic carbocycles. The van der Waals surface area contributed by atoms with Crippen molar-refractivity contribution in [2.75, 3.05) is 40.9 Å². The zero-order valence-corrected chi connectivity index (χ0v) is 49.3. The van der Waals surface area contributed by atoms with Crippen LogP contribution in [0.1, 0.15) is 296 Å². The lowest BCUT2D eigenvalue weighted by Gasteiger charge is -2.25. The van der Waals surface area contributed by atoms with Crippen LogP contribution in [0.3, 0.4) is 0 Å². The maximum Gasteiger partial charge on any atom is 0.472 e. The molecular formula is C63H122N2O6P+. The molecule has 0 aromatic rings. The van der Waals surface area contributed by atoms with Crippen LogP contribution in [-0.4, -0.2) is 73.4 Å². The lowest BCUT2D eigenvalue weighted by Crippen LogP contribution is -2.45. The third-order valence-electron chi connectivity index (χ3n) is 14.0. The second-order valence-electron chi connectivity index (χ2n) is 22.4. The van der Waals surface area contributed by atoms with Crippen molar-refractivity contribution in [3.05, 3.63) is 48.6 Å². The van der Waals surface area contributed by atoms with E-state index in [1.165, 1.54) is 231 Å². The van der Waals surface area contributed by atoms with Crippen molar-refractivity contribution < 1.29 is 32.9 Å². The average molecular weight is 1030 g/mol. The van der Waals surface area contributed by atoms with Crippen LogP contribution in [0.4, 0.5) is 0 Å². The Bertz CT molecular complexity index is 1310. The summed E-state index contributed by atoms with van der Waals surface area (Å²) in [4.78, 5) is 23.3. The largest absolute Gasteiger partial charge is 0.472 e. The Balaban J connectivity index is 4.05. The van der Waals surface area contributed by atoms with E-state index in [2.05, 4.69) is 55.6 Å². The standard InChI is InChI=1S/C63H121N2O6P/c1-6-8-10-12-14-16-18-20-22-24-25-26-27-28-29-30-31-32-33-34-35-36-37-38-39-41-43-45-47-49-51-53-55-57-63(67)64-61(60-71-72(68,69)70-59-58-65(3,4)5)62(66)56-54-52-50-48-46-44-42-40-23-21-19-17-15-13-11-9-7-2/h18,20,24-25,46,48,54,56,61-62,66H,6-17,19,21-23,26-45,47,49-53,55,57-60H2,1-5H3,(H-,64,67,68,69)/p+1/b20-18-,25-24-,48-46+,56-54+. The van der Waals surface area contributed by atoms with Gasteiger partial charge in [-0.1, -0.05) is 274 Å². The van der Waals surface area contributed by atoms with Crippen LogP contribution in [0.25, 0.3) is 0 Å². The second-order valence-corrected chi connectivity index (χ2v) is 23.9. The Kier molecular flexibility index (Phi) is 53.1. The first kappa shape index (κ1) is 70.5. The Morgan fingerprint density at radius 3 is 1.19 bits per heavy atom. The number of likely N-dealkylation sites (N-methyl/N-ethyl adjacent to an activating group) is 1. The van der Waals surface area contributed by atoms with Crippen LogP contribution in [-0.2, 0) is 18.4 Å². The number of carbonyl (C=O) groups excluding carboxylic acids is 1. The fourth-order valence-electron chi connectivity index (χ4n) is 9.15. The van der Waals surface area contributed by atoms with E-state index in [9.17, 15) is 19.4 Å². The second kappa shape index (κ2) is 54.3. The van der Waals surface area contributed by atoms with Crippen LogP contribution in [0.2, 0.25) is 0 Å². The molecule has 3 N–H and O–H groups in total. The summed E-state index contributed by atoms with van der Waals surface area (Å²) in [5, 5.41) is 13.9. The van der Waals surface area contributed by atoms with E-state index in [0.29, 0.717) is 17.4 Å². The highest BCUT2D eigenvalue weighted by Crippen LogP contribution is 2.43. The molecule has 0 fully saturated rings. The SMILES string of the molecule is CCCCCCC/C=C\C/C=C\CCCCCCCCCCCCCCCCCCCCCCCC(=O)NC(COP(=O)(O)OCC[N+](C)(C)C)C(O)/C=C/CC/C=C/CCCCCCCCCCCCC. The van der Waals surface area contributed by atoms with Crippen LogP contribution >= 0.6 is 7.82 Å². The number of hydrogen-bond donors (Lipinski definition) is 3. The molecule has 0 aliphatic rings. The van der Waals surface area contributed by atoms with Crippen molar-refractivity contribution in [2.45, 2.75) is 309 Å². The van der Waals surface area contributed by atoms with Gasteiger partial charge in [-0.15, -0.1) is 0 Å². The fraction of sp³-hybridized carbons (Fsp3) is 0.857. The number of allylic oxidation sites excluding steroid dienone is 7. The van der Waals surface area contributed by atoms with Gasteiger partial charge in [0.25, 0.3) is 0 Å². The molecule has 0 aromatic heterocycles. The van der Waals surface area contributed by atoms with Gasteiger partial charge in [-0.2, -0.15) is 0 Å². The number of quaternary nitrogens is 1. The summed E-state index contributed by atoms with van der Waals surface area (Å²) in [5.41, 5.74) is 0. The zero-order valence-electron chi connectivity index (χ0n) is 48.4. The maximum atomic E-state index is 13.0. The van der Waals surface area contributed by atoms with Gasteiger partial charge < -0.3 is 19.8 Å². The van der Waals surface area contributed by atoms with E-state index < -0.39 is 20.0 Å². The molecule has 72 heavy (non-hydrogen) atoms. The third-order valence-corrected chi connectivity index (χ3v) is 15.0. The van der Waals surface area contributed by atoms with Crippen LogP contribution in [0, 0.1) is 0 Å². The van der Waals surface area contributed by atoms with Crippen molar-refractivity contribution in [2.24, 2.45) is 0 Å². The van der Waals surface area contributed by atoms with Crippen molar-refractivity contribution in [3.8, 4) is 0 Å². The predicted molar refractivity (Wildman–Crippen MR) is 314 cm³/mol. The van der Waals surface area contributed by atoms with Crippen LogP contribution in [0.15, 0.2) is 48.6 Å². The molecular weight excluding hydrogens is 912 g/mol. The van der Waals surface area contributed by atoms with Crippen molar-refractivity contribution in [3.63, 3.8) is 0 Å². The number of unbranched alkanes of at least 4 members (excludes halogenated alkanes) is 38. The van der Waals surface area contributed by atoms with Gasteiger partial charge >= 0.3 is 7.82 Å². The number of amides is 1. The summed E-state index contributed by atoms with van der Waals surface area (Å²) in [6.45, 7) is 4.81. The molecule has 0 aliphatic heterocycles. The highest BCUT2D eigenvalue weighted by Gasteiger charge is 2.27. The van der Waals surface area contributed by atoms with Gasteiger partial charge in [-0.25, -0.2) is 4.57 Å². The molecule has 0 rings (SSSR count). The number of hydrogen-bond acceptors (Lipinski definition) is 5. The van der Waals surface area contributed by atoms with Gasteiger partial charge in [0.05, 0.1) is 39.9 Å². The van der Waals surface area contributed by atoms with Crippen LogP contribution < -0.4 is 5.32 Å². The average Bonchev–Trinajstić information content (AvgIpc) is 3.34. The minimum absolute atomic E-state index is 0.0570. The molecule has 0 saturated heterocycles. The summed E-state index contributed by atoms with van der Waals surface area (Å²) >= 11 is 0. The molecule has 0 heterocycles. The molecule has 0 bridgehead atoms. The summed E-state index contributed by atoms with van der Waals surface area (Å²) < 4.78 is 23.7. The summed E-state index contributed by atoms with van der Waals surface area (Å²) in [5.74, 6) is -0.183. The van der Waals surface area contributed by atoms with Gasteiger partial charge in [0.15, 0.2) is 0 Å². The normalized spacial score (nSPS) is 14.2. The number of nitrogens with zero attached hydrogens (tertiary/aromatic N) is 1. The quantitative estimate of drug-likeness (QED) is 0.0243. The number of aliphatic hydroxyl groups excluding tert-OH is 1. The molecule has 0 aliphatic carbocycles. The maximum absolute atomic E-state index is 13.0. The Morgan fingerprint density at radius 1 is 0.472 bits per heavy atom.